The number of Topliss-reactive ketones (excluding diaryl/α,β-unsaturated/α-hetero) is 1. The second-order valence-electron chi connectivity index (χ2n) is 4.67. The molecule has 0 amide bonds. The fourth-order valence-corrected chi connectivity index (χ4v) is 2.17. The lowest BCUT2D eigenvalue weighted by Crippen LogP contribution is -2.08. The summed E-state index contributed by atoms with van der Waals surface area (Å²) >= 11 is 0. The SMILES string of the molecule is COc1cc(OC)c(C(=O)Cc2ccc(O)cc2)c(OC)c1. The number of aromatic hydroxyl groups is 1. The molecule has 22 heavy (non-hydrogen) atoms. The molecule has 0 aliphatic carbocycles. The quantitative estimate of drug-likeness (QED) is 0.831. The van der Waals surface area contributed by atoms with Gasteiger partial charge in [-0.2, -0.15) is 0 Å². The van der Waals surface area contributed by atoms with E-state index in [9.17, 15) is 9.90 Å². The first-order valence-electron chi connectivity index (χ1n) is 6.70. The number of methoxy groups -OCH3 is 3. The molecular weight excluding hydrogens is 284 g/mol. The number of benzene rings is 2. The number of carbonyl (C=O) groups excluding carboxylic acids is 1. The molecule has 0 heterocycles. The van der Waals surface area contributed by atoms with Gasteiger partial charge in [0.1, 0.15) is 28.6 Å². The molecule has 0 spiro atoms. The average Bonchev–Trinajstić information content (AvgIpc) is 2.55. The van der Waals surface area contributed by atoms with Gasteiger partial charge in [0, 0.05) is 18.6 Å². The topological polar surface area (TPSA) is 65.0 Å². The van der Waals surface area contributed by atoms with E-state index in [0.29, 0.717) is 22.8 Å². The van der Waals surface area contributed by atoms with Crippen LogP contribution >= 0.6 is 0 Å². The van der Waals surface area contributed by atoms with Crippen LogP contribution in [0.1, 0.15) is 15.9 Å². The van der Waals surface area contributed by atoms with E-state index in [2.05, 4.69) is 0 Å². The van der Waals surface area contributed by atoms with Gasteiger partial charge in [-0.1, -0.05) is 12.1 Å². The Labute approximate surface area is 129 Å². The van der Waals surface area contributed by atoms with E-state index < -0.39 is 0 Å². The van der Waals surface area contributed by atoms with Crippen LogP contribution in [0.3, 0.4) is 0 Å². The Morgan fingerprint density at radius 2 is 1.50 bits per heavy atom. The van der Waals surface area contributed by atoms with Crippen LogP contribution in [0, 0.1) is 0 Å². The minimum atomic E-state index is -0.137. The molecule has 0 fully saturated rings. The van der Waals surface area contributed by atoms with Crippen LogP contribution in [0.25, 0.3) is 0 Å². The van der Waals surface area contributed by atoms with Crippen molar-refractivity contribution >= 4 is 5.78 Å². The molecule has 2 rings (SSSR count). The number of ketones is 1. The number of ether oxygens (including phenoxy) is 3. The second-order valence-corrected chi connectivity index (χ2v) is 4.67. The van der Waals surface area contributed by atoms with Gasteiger partial charge >= 0.3 is 0 Å². The summed E-state index contributed by atoms with van der Waals surface area (Å²) in [7, 11) is 4.52. The van der Waals surface area contributed by atoms with Crippen molar-refractivity contribution in [1.29, 1.82) is 0 Å². The predicted molar refractivity (Wildman–Crippen MR) is 82.2 cm³/mol. The number of hydrogen-bond acceptors (Lipinski definition) is 5. The van der Waals surface area contributed by atoms with Crippen LogP contribution in [-0.4, -0.2) is 32.2 Å². The van der Waals surface area contributed by atoms with Crippen molar-refractivity contribution < 1.29 is 24.1 Å². The standard InChI is InChI=1S/C17H18O5/c1-20-13-9-15(21-2)17(16(10-13)22-3)14(19)8-11-4-6-12(18)7-5-11/h4-7,9-10,18H,8H2,1-3H3. The van der Waals surface area contributed by atoms with E-state index in [1.54, 1.807) is 36.4 Å². The Balaban J connectivity index is 2.37. The number of phenolic OH excluding ortho intramolecular Hbond substituents is 1. The highest BCUT2D eigenvalue weighted by molar-refractivity contribution is 6.02. The molecule has 0 aliphatic heterocycles. The molecule has 116 valence electrons. The normalized spacial score (nSPS) is 10.1. The lowest BCUT2D eigenvalue weighted by atomic mass is 10.0. The second kappa shape index (κ2) is 6.85. The smallest absolute Gasteiger partial charge is 0.174 e. The molecule has 0 aliphatic rings. The highest BCUT2D eigenvalue weighted by Gasteiger charge is 2.20. The van der Waals surface area contributed by atoms with Crippen LogP contribution in [0.5, 0.6) is 23.0 Å². The summed E-state index contributed by atoms with van der Waals surface area (Å²) in [4.78, 5) is 12.6. The van der Waals surface area contributed by atoms with E-state index in [1.165, 1.54) is 21.3 Å². The lowest BCUT2D eigenvalue weighted by Gasteiger charge is -2.14. The molecule has 5 nitrogen and oxygen atoms in total. The van der Waals surface area contributed by atoms with E-state index in [0.717, 1.165) is 5.56 Å². The van der Waals surface area contributed by atoms with Crippen LogP contribution < -0.4 is 14.2 Å². The maximum atomic E-state index is 12.6. The number of rotatable bonds is 6. The maximum absolute atomic E-state index is 12.6. The van der Waals surface area contributed by atoms with Gasteiger partial charge in [0.05, 0.1) is 21.3 Å². The van der Waals surface area contributed by atoms with Crippen molar-refractivity contribution in [1.82, 2.24) is 0 Å². The molecule has 0 unspecified atom stereocenters. The summed E-state index contributed by atoms with van der Waals surface area (Å²) in [5.74, 6) is 1.38. The summed E-state index contributed by atoms with van der Waals surface area (Å²) in [6.45, 7) is 0. The predicted octanol–water partition coefficient (Wildman–Crippen LogP) is 2.84. The summed E-state index contributed by atoms with van der Waals surface area (Å²) in [6, 6.07) is 9.79. The number of hydrogen-bond donors (Lipinski definition) is 1. The summed E-state index contributed by atoms with van der Waals surface area (Å²) < 4.78 is 15.7. The lowest BCUT2D eigenvalue weighted by molar-refractivity contribution is 0.0987. The molecule has 0 aromatic heterocycles. The Hall–Kier alpha value is -2.69. The highest BCUT2D eigenvalue weighted by Crippen LogP contribution is 2.35. The largest absolute Gasteiger partial charge is 0.508 e. The van der Waals surface area contributed by atoms with Crippen LogP contribution in [0.4, 0.5) is 0 Å². The molecule has 0 atom stereocenters. The van der Waals surface area contributed by atoms with Gasteiger partial charge in [0.2, 0.25) is 0 Å². The van der Waals surface area contributed by atoms with Crippen LogP contribution in [0.15, 0.2) is 36.4 Å². The average molecular weight is 302 g/mol. The first-order valence-corrected chi connectivity index (χ1v) is 6.70. The Kier molecular flexibility index (Phi) is 4.88. The molecule has 1 N–H and O–H groups in total. The number of carbonyl (C=O) groups is 1. The van der Waals surface area contributed by atoms with Crippen molar-refractivity contribution in [2.45, 2.75) is 6.42 Å². The summed E-state index contributed by atoms with van der Waals surface area (Å²) in [6.07, 6.45) is 0.180. The molecule has 0 saturated carbocycles. The third-order valence-corrected chi connectivity index (χ3v) is 3.29. The highest BCUT2D eigenvalue weighted by atomic mass is 16.5. The van der Waals surface area contributed by atoms with Crippen molar-refractivity contribution in [3.05, 3.63) is 47.5 Å². The zero-order valence-electron chi connectivity index (χ0n) is 12.8. The Morgan fingerprint density at radius 3 is 1.95 bits per heavy atom. The van der Waals surface area contributed by atoms with Crippen LogP contribution in [0.2, 0.25) is 0 Å². The maximum Gasteiger partial charge on any atom is 0.174 e. The van der Waals surface area contributed by atoms with Gasteiger partial charge in [0.25, 0.3) is 0 Å². The molecule has 0 bridgehead atoms. The zero-order chi connectivity index (χ0) is 16.1. The molecule has 5 heteroatoms. The third-order valence-electron chi connectivity index (χ3n) is 3.29. The fraction of sp³-hybridized carbons (Fsp3) is 0.235. The molecule has 2 aromatic rings. The first-order chi connectivity index (χ1) is 10.6. The molecule has 0 saturated heterocycles. The van der Waals surface area contributed by atoms with Gasteiger partial charge in [-0.3, -0.25) is 4.79 Å². The van der Waals surface area contributed by atoms with Gasteiger partial charge in [-0.25, -0.2) is 0 Å². The van der Waals surface area contributed by atoms with Gasteiger partial charge in [-0.05, 0) is 17.7 Å². The molecule has 0 radical (unpaired) electrons. The summed E-state index contributed by atoms with van der Waals surface area (Å²) in [5.41, 5.74) is 1.17. The minimum Gasteiger partial charge on any atom is -0.508 e. The van der Waals surface area contributed by atoms with Gasteiger partial charge in [0.15, 0.2) is 5.78 Å². The van der Waals surface area contributed by atoms with E-state index in [4.69, 9.17) is 14.2 Å². The number of phenols is 1. The fourth-order valence-electron chi connectivity index (χ4n) is 2.17. The third kappa shape index (κ3) is 3.31. The van der Waals surface area contributed by atoms with Crippen molar-refractivity contribution in [2.75, 3.05) is 21.3 Å². The van der Waals surface area contributed by atoms with E-state index in [-0.39, 0.29) is 18.0 Å². The van der Waals surface area contributed by atoms with Crippen LogP contribution in [-0.2, 0) is 6.42 Å². The Morgan fingerprint density at radius 1 is 0.955 bits per heavy atom. The van der Waals surface area contributed by atoms with Crippen molar-refractivity contribution in [3.8, 4) is 23.0 Å². The molecule has 2 aromatic carbocycles. The minimum absolute atomic E-state index is 0.137. The van der Waals surface area contributed by atoms with Gasteiger partial charge in [-0.15, -0.1) is 0 Å². The van der Waals surface area contributed by atoms with Gasteiger partial charge < -0.3 is 19.3 Å². The monoisotopic (exact) mass is 302 g/mol. The van der Waals surface area contributed by atoms with E-state index >= 15 is 0 Å². The van der Waals surface area contributed by atoms with E-state index in [1.807, 2.05) is 0 Å². The zero-order valence-corrected chi connectivity index (χ0v) is 12.8. The van der Waals surface area contributed by atoms with Crippen molar-refractivity contribution in [2.24, 2.45) is 0 Å². The van der Waals surface area contributed by atoms with Crippen molar-refractivity contribution in [3.63, 3.8) is 0 Å². The first kappa shape index (κ1) is 15.7. The summed E-state index contributed by atoms with van der Waals surface area (Å²) in [5, 5.41) is 9.29. The Bertz CT molecular complexity index is 636. The molecular formula is C17H18O5.